The van der Waals surface area contributed by atoms with Crippen LogP contribution in [0.5, 0.6) is 6.01 Å². The van der Waals surface area contributed by atoms with E-state index in [4.69, 9.17) is 4.74 Å². The Kier molecular flexibility index (Phi) is 5.15. The molecule has 2 aromatic rings. The molecule has 1 fully saturated rings. The average molecular weight is 387 g/mol. The Morgan fingerprint density at radius 3 is 2.50 bits per heavy atom. The van der Waals surface area contributed by atoms with Crippen molar-refractivity contribution in [1.82, 2.24) is 14.3 Å². The molecule has 140 valence electrons. The highest BCUT2D eigenvalue weighted by Crippen LogP contribution is 2.35. The van der Waals surface area contributed by atoms with Crippen molar-refractivity contribution in [2.45, 2.75) is 30.0 Å². The summed E-state index contributed by atoms with van der Waals surface area (Å²) in [5, 5.41) is 0. The lowest BCUT2D eigenvalue weighted by Crippen LogP contribution is -2.44. The van der Waals surface area contributed by atoms with Gasteiger partial charge in [0.25, 0.3) is 0 Å². The van der Waals surface area contributed by atoms with E-state index in [1.165, 1.54) is 18.5 Å². The van der Waals surface area contributed by atoms with Gasteiger partial charge in [-0.2, -0.15) is 17.5 Å². The molecule has 3 rings (SSSR count). The zero-order valence-corrected chi connectivity index (χ0v) is 14.4. The average Bonchev–Trinajstić information content (AvgIpc) is 2.62. The topological polar surface area (TPSA) is 72.4 Å². The highest BCUT2D eigenvalue weighted by Gasteiger charge is 2.40. The van der Waals surface area contributed by atoms with Crippen molar-refractivity contribution >= 4 is 10.0 Å². The first-order valence-electron chi connectivity index (χ1n) is 7.88. The van der Waals surface area contributed by atoms with E-state index in [0.29, 0.717) is 12.8 Å². The van der Waals surface area contributed by atoms with Crippen LogP contribution in [-0.4, -0.2) is 41.9 Å². The highest BCUT2D eigenvalue weighted by atomic mass is 32.2. The van der Waals surface area contributed by atoms with E-state index in [1.54, 1.807) is 6.07 Å². The first kappa shape index (κ1) is 18.6. The van der Waals surface area contributed by atoms with E-state index in [9.17, 15) is 21.6 Å². The number of hydrogen-bond donors (Lipinski definition) is 0. The molecule has 10 heteroatoms. The van der Waals surface area contributed by atoms with E-state index in [1.807, 2.05) is 0 Å². The van der Waals surface area contributed by atoms with Crippen molar-refractivity contribution in [2.75, 3.05) is 13.1 Å². The van der Waals surface area contributed by atoms with E-state index in [0.717, 1.165) is 22.5 Å². The lowest BCUT2D eigenvalue weighted by atomic mass is 10.1. The molecule has 1 aromatic heterocycles. The van der Waals surface area contributed by atoms with Crippen LogP contribution in [0, 0.1) is 0 Å². The Bertz CT molecular complexity index is 860. The van der Waals surface area contributed by atoms with Gasteiger partial charge in [0.1, 0.15) is 6.10 Å². The smallest absolute Gasteiger partial charge is 0.417 e. The number of rotatable bonds is 4. The van der Waals surface area contributed by atoms with Gasteiger partial charge in [-0.05, 0) is 31.0 Å². The zero-order chi connectivity index (χ0) is 18.8. The first-order chi connectivity index (χ1) is 12.3. The molecule has 1 aliphatic heterocycles. The molecule has 1 unspecified atom stereocenters. The Morgan fingerprint density at radius 1 is 1.12 bits per heavy atom. The first-order valence-corrected chi connectivity index (χ1v) is 9.32. The minimum Gasteiger partial charge on any atom is -0.459 e. The summed E-state index contributed by atoms with van der Waals surface area (Å²) < 4.78 is 71.7. The molecular weight excluding hydrogens is 371 g/mol. The summed E-state index contributed by atoms with van der Waals surface area (Å²) in [7, 11) is -4.31. The molecule has 0 saturated carbocycles. The van der Waals surface area contributed by atoms with Crippen LogP contribution in [0.3, 0.4) is 0 Å². The molecule has 0 radical (unpaired) electrons. The van der Waals surface area contributed by atoms with Crippen molar-refractivity contribution in [3.63, 3.8) is 0 Å². The maximum absolute atomic E-state index is 13.2. The second-order valence-electron chi connectivity index (χ2n) is 5.77. The van der Waals surface area contributed by atoms with Crippen LogP contribution in [0.1, 0.15) is 18.4 Å². The fourth-order valence-corrected chi connectivity index (χ4v) is 4.50. The molecule has 0 N–H and O–H groups in total. The largest absolute Gasteiger partial charge is 0.459 e. The van der Waals surface area contributed by atoms with Gasteiger partial charge in [-0.15, -0.1) is 0 Å². The third kappa shape index (κ3) is 3.96. The lowest BCUT2D eigenvalue weighted by molar-refractivity contribution is -0.139. The third-order valence-corrected chi connectivity index (χ3v) is 5.89. The Balaban J connectivity index is 1.84. The van der Waals surface area contributed by atoms with Crippen molar-refractivity contribution in [3.8, 4) is 6.01 Å². The van der Waals surface area contributed by atoms with Gasteiger partial charge in [-0.1, -0.05) is 12.1 Å². The Hall–Kier alpha value is -2.20. The molecule has 1 aromatic carbocycles. The molecule has 26 heavy (non-hydrogen) atoms. The van der Waals surface area contributed by atoms with Gasteiger partial charge in [0.15, 0.2) is 0 Å². The summed E-state index contributed by atoms with van der Waals surface area (Å²) in [5.41, 5.74) is -1.17. The number of sulfonamides is 1. The second-order valence-corrected chi connectivity index (χ2v) is 7.68. The van der Waals surface area contributed by atoms with Gasteiger partial charge in [0.05, 0.1) is 17.0 Å². The minimum absolute atomic E-state index is 0.0627. The van der Waals surface area contributed by atoms with E-state index in [-0.39, 0.29) is 19.1 Å². The quantitative estimate of drug-likeness (QED) is 0.807. The molecule has 0 bridgehead atoms. The summed E-state index contributed by atoms with van der Waals surface area (Å²) in [6.07, 6.45) is -1.29. The van der Waals surface area contributed by atoms with Crippen molar-refractivity contribution < 1.29 is 26.3 Å². The predicted molar refractivity (Wildman–Crippen MR) is 85.9 cm³/mol. The van der Waals surface area contributed by atoms with Gasteiger partial charge >= 0.3 is 12.2 Å². The Morgan fingerprint density at radius 2 is 1.81 bits per heavy atom. The fraction of sp³-hybridized carbons (Fsp3) is 0.375. The summed E-state index contributed by atoms with van der Waals surface area (Å²) in [4.78, 5) is 7.08. The maximum atomic E-state index is 13.2. The van der Waals surface area contributed by atoms with Gasteiger partial charge in [0.2, 0.25) is 10.0 Å². The number of ether oxygens (including phenoxy) is 1. The normalized spacial score (nSPS) is 19.3. The van der Waals surface area contributed by atoms with Gasteiger partial charge in [-0.25, -0.2) is 18.4 Å². The number of alkyl halides is 3. The molecule has 2 heterocycles. The second kappa shape index (κ2) is 7.20. The molecule has 0 amide bonds. The van der Waals surface area contributed by atoms with Crippen LogP contribution in [0.4, 0.5) is 13.2 Å². The van der Waals surface area contributed by atoms with Crippen LogP contribution < -0.4 is 4.74 Å². The number of nitrogens with zero attached hydrogens (tertiary/aromatic N) is 3. The fourth-order valence-electron chi connectivity index (χ4n) is 2.78. The summed E-state index contributed by atoms with van der Waals surface area (Å²) >= 11 is 0. The van der Waals surface area contributed by atoms with Gasteiger partial charge < -0.3 is 4.74 Å². The van der Waals surface area contributed by atoms with E-state index in [2.05, 4.69) is 9.97 Å². The highest BCUT2D eigenvalue weighted by molar-refractivity contribution is 7.89. The summed E-state index contributed by atoms with van der Waals surface area (Å²) in [5.74, 6) is 0. The molecule has 1 atom stereocenters. The predicted octanol–water partition coefficient (Wildman–Crippen LogP) is 2.73. The SMILES string of the molecule is O=S(=O)(c1ccccc1C(F)(F)F)N1CCCC(Oc2ncccn2)C1. The van der Waals surface area contributed by atoms with E-state index < -0.39 is 32.8 Å². The van der Waals surface area contributed by atoms with Crippen molar-refractivity contribution in [1.29, 1.82) is 0 Å². The van der Waals surface area contributed by atoms with Crippen LogP contribution in [0.15, 0.2) is 47.6 Å². The Labute approximate surface area is 148 Å². The van der Waals surface area contributed by atoms with Crippen molar-refractivity contribution in [3.05, 3.63) is 48.3 Å². The minimum atomic E-state index is -4.76. The molecule has 6 nitrogen and oxygen atoms in total. The number of aromatic nitrogens is 2. The molecule has 0 aliphatic carbocycles. The zero-order valence-electron chi connectivity index (χ0n) is 13.6. The standard InChI is InChI=1S/C16H16F3N3O3S/c17-16(18,19)13-6-1-2-7-14(13)26(23,24)22-10-3-5-12(11-22)25-15-20-8-4-9-21-15/h1-2,4,6-9,12H,3,5,10-11H2. The molecule has 1 saturated heterocycles. The number of piperidine rings is 1. The lowest BCUT2D eigenvalue weighted by Gasteiger charge is -2.32. The number of halogens is 3. The van der Waals surface area contributed by atoms with Crippen LogP contribution in [0.25, 0.3) is 0 Å². The number of hydrogen-bond acceptors (Lipinski definition) is 5. The van der Waals surface area contributed by atoms with Gasteiger partial charge in [-0.3, -0.25) is 0 Å². The summed E-state index contributed by atoms with van der Waals surface area (Å²) in [6.45, 7) is 0.0663. The third-order valence-electron chi connectivity index (χ3n) is 3.97. The molecule has 1 aliphatic rings. The van der Waals surface area contributed by atoms with Crippen molar-refractivity contribution in [2.24, 2.45) is 0 Å². The van der Waals surface area contributed by atoms with Crippen LogP contribution in [0.2, 0.25) is 0 Å². The van der Waals surface area contributed by atoms with Crippen LogP contribution in [-0.2, 0) is 16.2 Å². The van der Waals surface area contributed by atoms with E-state index >= 15 is 0 Å². The monoisotopic (exact) mass is 387 g/mol. The maximum Gasteiger partial charge on any atom is 0.417 e. The molecule has 0 spiro atoms. The van der Waals surface area contributed by atoms with Gasteiger partial charge in [0, 0.05) is 18.9 Å². The molecular formula is C16H16F3N3O3S. The van der Waals surface area contributed by atoms with Crippen LogP contribution >= 0.6 is 0 Å². The summed E-state index contributed by atoms with van der Waals surface area (Å²) in [6, 6.07) is 5.89. The number of benzene rings is 1.